The van der Waals surface area contributed by atoms with Gasteiger partial charge in [0, 0.05) is 19.0 Å². The normalized spacial score (nSPS) is 15.7. The standard InChI is InChI=1S/C18H18ClF3N4O/c1-11-2-5-16(25-24-11)26-8-6-12(7-9-26)17(27)23-15-10-13(18(20,21)22)3-4-14(15)19/h2-5,10,12H,6-9H2,1H3,(H,23,27). The lowest BCUT2D eigenvalue weighted by Gasteiger charge is -2.31. The van der Waals surface area contributed by atoms with Crippen molar-refractivity contribution in [3.63, 3.8) is 0 Å². The number of aromatic nitrogens is 2. The van der Waals surface area contributed by atoms with Gasteiger partial charge in [0.05, 0.1) is 22.0 Å². The molecule has 144 valence electrons. The Balaban J connectivity index is 1.62. The summed E-state index contributed by atoms with van der Waals surface area (Å²) in [7, 11) is 0. The molecule has 1 aromatic heterocycles. The van der Waals surface area contributed by atoms with Crippen LogP contribution in [0.1, 0.15) is 24.1 Å². The molecular formula is C18H18ClF3N4O. The van der Waals surface area contributed by atoms with Crippen LogP contribution in [0.2, 0.25) is 5.02 Å². The highest BCUT2D eigenvalue weighted by Gasteiger charge is 2.32. The summed E-state index contributed by atoms with van der Waals surface area (Å²) in [5.74, 6) is 0.122. The summed E-state index contributed by atoms with van der Waals surface area (Å²) in [4.78, 5) is 14.5. The number of anilines is 2. The van der Waals surface area contributed by atoms with Gasteiger partial charge in [-0.1, -0.05) is 11.6 Å². The molecule has 1 N–H and O–H groups in total. The zero-order valence-electron chi connectivity index (χ0n) is 14.6. The molecule has 1 aliphatic heterocycles. The van der Waals surface area contributed by atoms with E-state index in [0.29, 0.717) is 25.9 Å². The maximum absolute atomic E-state index is 12.8. The third-order valence-electron chi connectivity index (χ3n) is 4.53. The zero-order chi connectivity index (χ0) is 19.6. The Morgan fingerprint density at radius 3 is 2.48 bits per heavy atom. The molecule has 0 radical (unpaired) electrons. The Hall–Kier alpha value is -2.35. The maximum atomic E-state index is 12.8. The smallest absolute Gasteiger partial charge is 0.355 e. The van der Waals surface area contributed by atoms with Crippen LogP contribution >= 0.6 is 11.6 Å². The molecule has 0 saturated carbocycles. The molecule has 1 amide bonds. The minimum Gasteiger partial charge on any atom is -0.355 e. The Bertz CT molecular complexity index is 818. The number of aryl methyl sites for hydroxylation is 1. The van der Waals surface area contributed by atoms with Gasteiger partial charge in [-0.3, -0.25) is 4.79 Å². The van der Waals surface area contributed by atoms with Crippen LogP contribution in [-0.4, -0.2) is 29.2 Å². The highest BCUT2D eigenvalue weighted by Crippen LogP contribution is 2.34. The molecule has 0 atom stereocenters. The second-order valence-corrected chi connectivity index (χ2v) is 6.88. The number of amides is 1. The number of hydrogen-bond donors (Lipinski definition) is 1. The molecule has 1 saturated heterocycles. The first-order chi connectivity index (χ1) is 12.7. The van der Waals surface area contributed by atoms with Gasteiger partial charge in [-0.2, -0.15) is 18.3 Å². The number of carbonyl (C=O) groups excluding carboxylic acids is 1. The zero-order valence-corrected chi connectivity index (χ0v) is 15.3. The van der Waals surface area contributed by atoms with Gasteiger partial charge >= 0.3 is 6.18 Å². The lowest BCUT2D eigenvalue weighted by molar-refractivity contribution is -0.137. The second-order valence-electron chi connectivity index (χ2n) is 6.48. The van der Waals surface area contributed by atoms with E-state index in [1.807, 2.05) is 24.0 Å². The molecule has 1 aromatic carbocycles. The van der Waals surface area contributed by atoms with Crippen molar-refractivity contribution in [1.29, 1.82) is 0 Å². The van der Waals surface area contributed by atoms with Crippen molar-refractivity contribution < 1.29 is 18.0 Å². The Morgan fingerprint density at radius 2 is 1.89 bits per heavy atom. The monoisotopic (exact) mass is 398 g/mol. The first-order valence-electron chi connectivity index (χ1n) is 8.47. The summed E-state index contributed by atoms with van der Waals surface area (Å²) in [6, 6.07) is 6.64. The lowest BCUT2D eigenvalue weighted by Crippen LogP contribution is -2.38. The molecule has 5 nitrogen and oxygen atoms in total. The largest absolute Gasteiger partial charge is 0.416 e. The van der Waals surface area contributed by atoms with E-state index in [4.69, 9.17) is 11.6 Å². The van der Waals surface area contributed by atoms with Gasteiger partial charge in [0.15, 0.2) is 5.82 Å². The van der Waals surface area contributed by atoms with E-state index in [1.165, 1.54) is 0 Å². The summed E-state index contributed by atoms with van der Waals surface area (Å²) in [5, 5.41) is 10.8. The Kier molecular flexibility index (Phi) is 5.55. The molecule has 0 unspecified atom stereocenters. The van der Waals surface area contributed by atoms with E-state index >= 15 is 0 Å². The average molecular weight is 399 g/mol. The molecule has 2 aromatic rings. The summed E-state index contributed by atoms with van der Waals surface area (Å²) in [6.45, 7) is 3.09. The summed E-state index contributed by atoms with van der Waals surface area (Å²) >= 11 is 5.94. The third kappa shape index (κ3) is 4.68. The molecule has 1 aliphatic rings. The number of hydrogen-bond acceptors (Lipinski definition) is 4. The van der Waals surface area contributed by atoms with E-state index in [0.717, 1.165) is 29.7 Å². The van der Waals surface area contributed by atoms with Crippen LogP contribution in [0, 0.1) is 12.8 Å². The van der Waals surface area contributed by atoms with Crippen LogP contribution in [0.25, 0.3) is 0 Å². The number of rotatable bonds is 3. The van der Waals surface area contributed by atoms with Crippen molar-refractivity contribution in [3.8, 4) is 0 Å². The highest BCUT2D eigenvalue weighted by atomic mass is 35.5. The summed E-state index contributed by atoms with van der Waals surface area (Å²) in [5.41, 5.74) is -0.0516. The minimum atomic E-state index is -4.50. The van der Waals surface area contributed by atoms with E-state index in [-0.39, 0.29) is 22.5 Å². The van der Waals surface area contributed by atoms with E-state index in [9.17, 15) is 18.0 Å². The Morgan fingerprint density at radius 1 is 1.19 bits per heavy atom. The lowest BCUT2D eigenvalue weighted by atomic mass is 9.95. The number of benzene rings is 1. The number of nitrogens with zero attached hydrogens (tertiary/aromatic N) is 3. The summed E-state index contributed by atoms with van der Waals surface area (Å²) < 4.78 is 38.5. The fourth-order valence-electron chi connectivity index (χ4n) is 2.96. The molecule has 3 rings (SSSR count). The van der Waals surface area contributed by atoms with Crippen LogP contribution in [0.4, 0.5) is 24.7 Å². The second kappa shape index (κ2) is 7.72. The van der Waals surface area contributed by atoms with Gasteiger partial charge in [0.25, 0.3) is 0 Å². The highest BCUT2D eigenvalue weighted by molar-refractivity contribution is 6.33. The van der Waals surface area contributed by atoms with E-state index in [2.05, 4.69) is 15.5 Å². The van der Waals surface area contributed by atoms with Crippen LogP contribution in [0.5, 0.6) is 0 Å². The fraction of sp³-hybridized carbons (Fsp3) is 0.389. The molecule has 0 bridgehead atoms. The molecule has 1 fully saturated rings. The number of piperidine rings is 1. The molecule has 9 heteroatoms. The predicted molar refractivity (Wildman–Crippen MR) is 96.8 cm³/mol. The van der Waals surface area contributed by atoms with E-state index in [1.54, 1.807) is 0 Å². The molecule has 0 spiro atoms. The van der Waals surface area contributed by atoms with Crippen molar-refractivity contribution in [1.82, 2.24) is 10.2 Å². The number of nitrogens with one attached hydrogen (secondary N) is 1. The van der Waals surface area contributed by atoms with Gasteiger partial charge < -0.3 is 10.2 Å². The van der Waals surface area contributed by atoms with Gasteiger partial charge in [-0.15, -0.1) is 5.10 Å². The first kappa shape index (κ1) is 19.4. The van der Waals surface area contributed by atoms with E-state index < -0.39 is 11.7 Å². The van der Waals surface area contributed by atoms with Crippen molar-refractivity contribution in [2.24, 2.45) is 5.92 Å². The van der Waals surface area contributed by atoms with Gasteiger partial charge in [-0.25, -0.2) is 0 Å². The van der Waals surface area contributed by atoms with Crippen molar-refractivity contribution in [3.05, 3.63) is 46.6 Å². The van der Waals surface area contributed by atoms with Crippen molar-refractivity contribution in [2.75, 3.05) is 23.3 Å². The van der Waals surface area contributed by atoms with Gasteiger partial charge in [0.1, 0.15) is 0 Å². The molecule has 2 heterocycles. The van der Waals surface area contributed by atoms with Gasteiger partial charge in [0.2, 0.25) is 5.91 Å². The number of carbonyl (C=O) groups is 1. The SMILES string of the molecule is Cc1ccc(N2CCC(C(=O)Nc3cc(C(F)(F)F)ccc3Cl)CC2)nn1. The third-order valence-corrected chi connectivity index (χ3v) is 4.85. The van der Waals surface area contributed by atoms with Crippen LogP contribution in [0.15, 0.2) is 30.3 Å². The van der Waals surface area contributed by atoms with Crippen LogP contribution < -0.4 is 10.2 Å². The summed E-state index contributed by atoms with van der Waals surface area (Å²) in [6.07, 6.45) is -3.36. The van der Waals surface area contributed by atoms with Crippen molar-refractivity contribution >= 4 is 29.0 Å². The first-order valence-corrected chi connectivity index (χ1v) is 8.85. The maximum Gasteiger partial charge on any atom is 0.416 e. The molecule has 0 aliphatic carbocycles. The van der Waals surface area contributed by atoms with Crippen molar-refractivity contribution in [2.45, 2.75) is 25.9 Å². The van der Waals surface area contributed by atoms with Crippen LogP contribution in [-0.2, 0) is 11.0 Å². The number of halogens is 4. The topological polar surface area (TPSA) is 58.1 Å². The molecular weight excluding hydrogens is 381 g/mol. The number of alkyl halides is 3. The molecule has 27 heavy (non-hydrogen) atoms. The van der Waals surface area contributed by atoms with Gasteiger partial charge in [-0.05, 0) is 50.1 Å². The predicted octanol–water partition coefficient (Wildman–Crippen LogP) is 4.31. The van der Waals surface area contributed by atoms with Crippen LogP contribution in [0.3, 0.4) is 0 Å². The average Bonchev–Trinajstić information content (AvgIpc) is 2.63. The fourth-order valence-corrected chi connectivity index (χ4v) is 3.13. The Labute approximate surface area is 159 Å². The quantitative estimate of drug-likeness (QED) is 0.836. The minimum absolute atomic E-state index is 0.0247.